The second-order valence-electron chi connectivity index (χ2n) is 5.12. The van der Waals surface area contributed by atoms with Crippen molar-refractivity contribution in [2.75, 3.05) is 6.54 Å². The van der Waals surface area contributed by atoms with Gasteiger partial charge in [-0.25, -0.2) is 4.39 Å². The molecule has 1 aliphatic heterocycles. The van der Waals surface area contributed by atoms with Crippen molar-refractivity contribution in [1.82, 2.24) is 10.6 Å². The van der Waals surface area contributed by atoms with Gasteiger partial charge < -0.3 is 10.6 Å². The van der Waals surface area contributed by atoms with Crippen LogP contribution < -0.4 is 10.6 Å². The average Bonchev–Trinajstić information content (AvgIpc) is 2.81. The van der Waals surface area contributed by atoms with Gasteiger partial charge in [0, 0.05) is 25.0 Å². The molecule has 1 aliphatic rings. The highest BCUT2D eigenvalue weighted by molar-refractivity contribution is 5.78. The molecule has 1 saturated heterocycles. The summed E-state index contributed by atoms with van der Waals surface area (Å²) in [6, 6.07) is 7.01. The maximum atomic E-state index is 13.0. The summed E-state index contributed by atoms with van der Waals surface area (Å²) in [5.74, 6) is -0.110. The molecule has 0 aliphatic carbocycles. The molecule has 1 heterocycles. The third kappa shape index (κ3) is 4.03. The summed E-state index contributed by atoms with van der Waals surface area (Å²) in [7, 11) is 0. The summed E-state index contributed by atoms with van der Waals surface area (Å²) in [4.78, 5) is 11.2. The van der Waals surface area contributed by atoms with Gasteiger partial charge in [-0.2, -0.15) is 0 Å². The van der Waals surface area contributed by atoms with Crippen molar-refractivity contribution in [1.29, 1.82) is 0 Å². The highest BCUT2D eigenvalue weighted by Gasteiger charge is 2.24. The first-order chi connectivity index (χ1) is 9.19. The van der Waals surface area contributed by atoms with E-state index in [9.17, 15) is 9.18 Å². The zero-order valence-corrected chi connectivity index (χ0v) is 11.3. The number of hydrogen-bond acceptors (Lipinski definition) is 2. The number of amides is 1. The SMILES string of the molecule is CCCCC(NC1CNC(=O)C1)c1ccc(F)cc1. The molecule has 0 saturated carbocycles. The predicted octanol–water partition coefficient (Wildman–Crippen LogP) is 2.54. The quantitative estimate of drug-likeness (QED) is 0.829. The van der Waals surface area contributed by atoms with Gasteiger partial charge in [0.25, 0.3) is 0 Å². The zero-order valence-electron chi connectivity index (χ0n) is 11.3. The van der Waals surface area contributed by atoms with Crippen LogP contribution >= 0.6 is 0 Å². The van der Waals surface area contributed by atoms with E-state index in [2.05, 4.69) is 17.6 Å². The predicted molar refractivity (Wildman–Crippen MR) is 73.2 cm³/mol. The Hall–Kier alpha value is -1.42. The Morgan fingerprint density at radius 3 is 2.74 bits per heavy atom. The second-order valence-corrected chi connectivity index (χ2v) is 5.12. The molecule has 0 bridgehead atoms. The van der Waals surface area contributed by atoms with Crippen molar-refractivity contribution in [2.24, 2.45) is 0 Å². The molecule has 2 rings (SSSR count). The van der Waals surface area contributed by atoms with E-state index in [0.29, 0.717) is 13.0 Å². The number of halogens is 1. The van der Waals surface area contributed by atoms with E-state index in [1.807, 2.05) is 12.1 Å². The number of benzene rings is 1. The first-order valence-corrected chi connectivity index (χ1v) is 6.97. The lowest BCUT2D eigenvalue weighted by Gasteiger charge is -2.22. The number of carbonyl (C=O) groups is 1. The van der Waals surface area contributed by atoms with Crippen molar-refractivity contribution in [3.63, 3.8) is 0 Å². The normalized spacial score (nSPS) is 20.3. The summed E-state index contributed by atoms with van der Waals surface area (Å²) < 4.78 is 13.0. The third-order valence-corrected chi connectivity index (χ3v) is 3.53. The van der Waals surface area contributed by atoms with Crippen molar-refractivity contribution in [2.45, 2.75) is 44.7 Å². The molecule has 1 aromatic carbocycles. The van der Waals surface area contributed by atoms with E-state index in [0.717, 1.165) is 24.8 Å². The van der Waals surface area contributed by atoms with Crippen molar-refractivity contribution < 1.29 is 9.18 Å². The molecule has 0 aromatic heterocycles. The van der Waals surface area contributed by atoms with E-state index >= 15 is 0 Å². The molecule has 2 atom stereocenters. The topological polar surface area (TPSA) is 41.1 Å². The van der Waals surface area contributed by atoms with Crippen LogP contribution in [0, 0.1) is 5.82 Å². The fourth-order valence-corrected chi connectivity index (χ4v) is 2.46. The van der Waals surface area contributed by atoms with E-state index in [4.69, 9.17) is 0 Å². The van der Waals surface area contributed by atoms with Crippen molar-refractivity contribution >= 4 is 5.91 Å². The Balaban J connectivity index is 2.02. The number of nitrogens with one attached hydrogen (secondary N) is 2. The molecule has 1 aromatic rings. The standard InChI is InChI=1S/C15H21FN2O/c1-2-3-4-14(11-5-7-12(16)8-6-11)18-13-9-15(19)17-10-13/h5-8,13-14,18H,2-4,9-10H2,1H3,(H,17,19). The first kappa shape index (κ1) is 14.0. The highest BCUT2D eigenvalue weighted by Crippen LogP contribution is 2.21. The molecule has 104 valence electrons. The van der Waals surface area contributed by atoms with E-state index in [-0.39, 0.29) is 23.8 Å². The van der Waals surface area contributed by atoms with Crippen LogP contribution in [-0.4, -0.2) is 18.5 Å². The van der Waals surface area contributed by atoms with Gasteiger partial charge in [-0.3, -0.25) is 4.79 Å². The molecule has 2 N–H and O–H groups in total. The molecule has 2 unspecified atom stereocenters. The van der Waals surface area contributed by atoms with Crippen LogP contribution in [0.25, 0.3) is 0 Å². The minimum atomic E-state index is -0.212. The van der Waals surface area contributed by atoms with Crippen LogP contribution in [0.3, 0.4) is 0 Å². The Morgan fingerprint density at radius 2 is 2.16 bits per heavy atom. The van der Waals surface area contributed by atoms with Gasteiger partial charge in [0.05, 0.1) is 0 Å². The summed E-state index contributed by atoms with van der Waals surface area (Å²) in [6.45, 7) is 2.84. The number of carbonyl (C=O) groups excluding carboxylic acids is 1. The third-order valence-electron chi connectivity index (χ3n) is 3.53. The number of hydrogen-bond donors (Lipinski definition) is 2. The minimum Gasteiger partial charge on any atom is -0.354 e. The minimum absolute atomic E-state index is 0.103. The number of rotatable bonds is 6. The Bertz CT molecular complexity index is 419. The monoisotopic (exact) mass is 264 g/mol. The van der Waals surface area contributed by atoms with E-state index < -0.39 is 0 Å². The fraction of sp³-hybridized carbons (Fsp3) is 0.533. The van der Waals surface area contributed by atoms with Gasteiger partial charge in [-0.05, 0) is 24.1 Å². The fourth-order valence-electron chi connectivity index (χ4n) is 2.46. The van der Waals surface area contributed by atoms with Crippen LogP contribution in [0.1, 0.15) is 44.2 Å². The van der Waals surface area contributed by atoms with Crippen LogP contribution in [0.5, 0.6) is 0 Å². The van der Waals surface area contributed by atoms with Crippen LogP contribution in [0.2, 0.25) is 0 Å². The molecule has 0 spiro atoms. The smallest absolute Gasteiger partial charge is 0.221 e. The summed E-state index contributed by atoms with van der Waals surface area (Å²) in [5, 5.41) is 6.34. The summed E-state index contributed by atoms with van der Waals surface area (Å²) >= 11 is 0. The summed E-state index contributed by atoms with van der Waals surface area (Å²) in [5.41, 5.74) is 1.09. The van der Waals surface area contributed by atoms with Gasteiger partial charge in [-0.15, -0.1) is 0 Å². The van der Waals surface area contributed by atoms with Gasteiger partial charge in [-0.1, -0.05) is 31.9 Å². The summed E-state index contributed by atoms with van der Waals surface area (Å²) in [6.07, 6.45) is 3.78. The van der Waals surface area contributed by atoms with Gasteiger partial charge in [0.1, 0.15) is 5.82 Å². The first-order valence-electron chi connectivity index (χ1n) is 6.97. The average molecular weight is 264 g/mol. The van der Waals surface area contributed by atoms with E-state index in [1.165, 1.54) is 12.1 Å². The van der Waals surface area contributed by atoms with Gasteiger partial charge in [0.15, 0.2) is 0 Å². The zero-order chi connectivity index (χ0) is 13.7. The van der Waals surface area contributed by atoms with Crippen LogP contribution in [0.15, 0.2) is 24.3 Å². The molecule has 3 nitrogen and oxygen atoms in total. The van der Waals surface area contributed by atoms with Crippen LogP contribution in [-0.2, 0) is 4.79 Å². The lowest BCUT2D eigenvalue weighted by atomic mass is 10.00. The molecule has 1 fully saturated rings. The lowest BCUT2D eigenvalue weighted by Crippen LogP contribution is -2.34. The molecule has 19 heavy (non-hydrogen) atoms. The second kappa shape index (κ2) is 6.66. The Kier molecular flexibility index (Phi) is 4.91. The maximum Gasteiger partial charge on any atom is 0.221 e. The van der Waals surface area contributed by atoms with E-state index in [1.54, 1.807) is 0 Å². The molecular formula is C15H21FN2O. The van der Waals surface area contributed by atoms with Crippen LogP contribution in [0.4, 0.5) is 4.39 Å². The van der Waals surface area contributed by atoms with Crippen molar-refractivity contribution in [3.8, 4) is 0 Å². The molecule has 0 radical (unpaired) electrons. The van der Waals surface area contributed by atoms with Crippen molar-refractivity contribution in [3.05, 3.63) is 35.6 Å². The molecule has 4 heteroatoms. The maximum absolute atomic E-state index is 13.0. The lowest BCUT2D eigenvalue weighted by molar-refractivity contribution is -0.119. The highest BCUT2D eigenvalue weighted by atomic mass is 19.1. The number of unbranched alkanes of at least 4 members (excludes halogenated alkanes) is 1. The van der Waals surface area contributed by atoms with Gasteiger partial charge in [0.2, 0.25) is 5.91 Å². The Labute approximate surface area is 113 Å². The van der Waals surface area contributed by atoms with Gasteiger partial charge >= 0.3 is 0 Å². The Morgan fingerprint density at radius 1 is 1.42 bits per heavy atom. The molecular weight excluding hydrogens is 243 g/mol. The largest absolute Gasteiger partial charge is 0.354 e. The molecule has 1 amide bonds.